The molecule has 47 heavy (non-hydrogen) atoms. The maximum Gasteiger partial charge on any atom is 0.271 e. The molecule has 6 aromatic rings. The standard InChI is InChI=1S/C36H32N6O4S/c43-20-23-9-11-25(12-10-23)33-17-28(21-47-36-39-22-40-42-36)45-35(46-33)26-15-13-24(14-16-26)29-6-2-1-5-27(29)18-38-34(44)32-19-37-30-7-3-4-8-31(30)41-32/h1-16,19,22,28,33,35,43H,17-18,20-21H2,(H,38,44)(H,39,40,42). The van der Waals surface area contributed by atoms with Gasteiger partial charge in [-0.25, -0.2) is 9.97 Å². The number of fused-ring (bicyclic) bond motifs is 1. The van der Waals surface area contributed by atoms with Gasteiger partial charge >= 0.3 is 0 Å². The third kappa shape index (κ3) is 7.23. The molecule has 7 rings (SSSR count). The molecule has 1 saturated heterocycles. The van der Waals surface area contributed by atoms with Gasteiger partial charge in [0.15, 0.2) is 11.4 Å². The van der Waals surface area contributed by atoms with E-state index < -0.39 is 6.29 Å². The van der Waals surface area contributed by atoms with Gasteiger partial charge in [0.25, 0.3) is 5.91 Å². The number of thioether (sulfide) groups is 1. The zero-order valence-corrected chi connectivity index (χ0v) is 26.1. The molecule has 1 amide bonds. The number of benzene rings is 4. The van der Waals surface area contributed by atoms with Gasteiger partial charge in [-0.1, -0.05) is 96.7 Å². The van der Waals surface area contributed by atoms with Crippen molar-refractivity contribution < 1.29 is 19.4 Å². The van der Waals surface area contributed by atoms with Crippen molar-refractivity contribution in [3.05, 3.63) is 138 Å². The van der Waals surface area contributed by atoms with Crippen LogP contribution in [0.2, 0.25) is 0 Å². The smallest absolute Gasteiger partial charge is 0.271 e. The van der Waals surface area contributed by atoms with Gasteiger partial charge in [-0.2, -0.15) is 5.10 Å². The highest BCUT2D eigenvalue weighted by atomic mass is 32.2. The Morgan fingerprint density at radius 2 is 1.66 bits per heavy atom. The summed E-state index contributed by atoms with van der Waals surface area (Å²) in [6.07, 6.45) is 2.83. The first-order chi connectivity index (χ1) is 23.1. The predicted molar refractivity (Wildman–Crippen MR) is 178 cm³/mol. The minimum atomic E-state index is -0.571. The topological polar surface area (TPSA) is 135 Å². The Labute approximate surface area is 275 Å². The predicted octanol–water partition coefficient (Wildman–Crippen LogP) is 6.17. The number of amides is 1. The van der Waals surface area contributed by atoms with E-state index >= 15 is 0 Å². The summed E-state index contributed by atoms with van der Waals surface area (Å²) in [4.78, 5) is 26.0. The largest absolute Gasteiger partial charge is 0.392 e. The lowest BCUT2D eigenvalue weighted by atomic mass is 9.97. The van der Waals surface area contributed by atoms with E-state index in [9.17, 15) is 9.90 Å². The van der Waals surface area contributed by atoms with Crippen molar-refractivity contribution in [2.45, 2.75) is 43.2 Å². The number of H-pyrrole nitrogens is 1. The molecule has 11 heteroatoms. The van der Waals surface area contributed by atoms with E-state index in [0.29, 0.717) is 24.2 Å². The van der Waals surface area contributed by atoms with Crippen molar-refractivity contribution >= 4 is 28.7 Å². The van der Waals surface area contributed by atoms with Gasteiger partial charge in [0.2, 0.25) is 0 Å². The van der Waals surface area contributed by atoms with E-state index in [1.165, 1.54) is 12.5 Å². The molecule has 3 N–H and O–H groups in total. The molecule has 3 unspecified atom stereocenters. The van der Waals surface area contributed by atoms with Crippen LogP contribution >= 0.6 is 11.8 Å². The highest BCUT2D eigenvalue weighted by Gasteiger charge is 2.32. The number of hydrogen-bond acceptors (Lipinski definition) is 9. The highest BCUT2D eigenvalue weighted by Crippen LogP contribution is 2.39. The van der Waals surface area contributed by atoms with E-state index in [2.05, 4.69) is 42.6 Å². The number of rotatable bonds is 10. The normalized spacial score (nSPS) is 17.9. The quantitative estimate of drug-likeness (QED) is 0.150. The molecule has 1 fully saturated rings. The Hall–Kier alpha value is -4.94. The molecule has 3 heterocycles. The maximum atomic E-state index is 13.0. The SMILES string of the molecule is O=C(NCc1ccccc1-c1ccc(C2OC(CSc3ncn[nH]3)CC(c3ccc(CO)cc3)O2)cc1)c1cnc2ccccc2n1. The summed E-state index contributed by atoms with van der Waals surface area (Å²) in [5.74, 6) is 0.402. The van der Waals surface area contributed by atoms with Gasteiger partial charge in [-0.15, -0.1) is 0 Å². The number of ether oxygens (including phenoxy) is 2. The van der Waals surface area contributed by atoms with Crippen LogP contribution in [0.15, 0.2) is 115 Å². The molecule has 0 spiro atoms. The van der Waals surface area contributed by atoms with Crippen LogP contribution in [0.25, 0.3) is 22.2 Å². The van der Waals surface area contributed by atoms with Crippen molar-refractivity contribution in [3.8, 4) is 11.1 Å². The highest BCUT2D eigenvalue weighted by molar-refractivity contribution is 7.99. The minimum absolute atomic E-state index is 0.00499. The van der Waals surface area contributed by atoms with Gasteiger partial charge in [-0.3, -0.25) is 14.9 Å². The Bertz CT molecular complexity index is 1950. The first-order valence-corrected chi connectivity index (χ1v) is 16.3. The third-order valence-corrected chi connectivity index (χ3v) is 9.05. The second-order valence-corrected chi connectivity index (χ2v) is 12.2. The number of carbonyl (C=O) groups excluding carboxylic acids is 1. The molecular weight excluding hydrogens is 613 g/mol. The fourth-order valence-corrected chi connectivity index (χ4v) is 6.36. The summed E-state index contributed by atoms with van der Waals surface area (Å²) in [7, 11) is 0. The third-order valence-electron chi connectivity index (χ3n) is 8.05. The summed E-state index contributed by atoms with van der Waals surface area (Å²) >= 11 is 1.56. The van der Waals surface area contributed by atoms with Gasteiger partial charge in [0.05, 0.1) is 36.0 Å². The summed E-state index contributed by atoms with van der Waals surface area (Å²) in [6.45, 7) is 0.330. The monoisotopic (exact) mass is 644 g/mol. The first-order valence-electron chi connectivity index (χ1n) is 15.3. The molecule has 0 saturated carbocycles. The molecule has 0 bridgehead atoms. The van der Waals surface area contributed by atoms with Crippen LogP contribution in [0.4, 0.5) is 0 Å². The van der Waals surface area contributed by atoms with Gasteiger partial charge in [0, 0.05) is 24.3 Å². The number of para-hydroxylation sites is 2. The van der Waals surface area contributed by atoms with Crippen molar-refractivity contribution in [2.75, 3.05) is 5.75 Å². The lowest BCUT2D eigenvalue weighted by molar-refractivity contribution is -0.245. The van der Waals surface area contributed by atoms with Gasteiger partial charge in [-0.05, 0) is 39.9 Å². The van der Waals surface area contributed by atoms with Crippen LogP contribution in [0.5, 0.6) is 0 Å². The summed E-state index contributed by atoms with van der Waals surface area (Å²) in [5, 5.41) is 20.1. The lowest BCUT2D eigenvalue weighted by Gasteiger charge is -2.36. The number of aliphatic hydroxyl groups is 1. The Kier molecular flexibility index (Phi) is 9.29. The van der Waals surface area contributed by atoms with E-state index in [0.717, 1.165) is 44.1 Å². The lowest BCUT2D eigenvalue weighted by Crippen LogP contribution is -2.31. The summed E-state index contributed by atoms with van der Waals surface area (Å²) < 4.78 is 13.0. The van der Waals surface area contributed by atoms with E-state index in [1.54, 1.807) is 11.8 Å². The van der Waals surface area contributed by atoms with Crippen LogP contribution in [-0.4, -0.2) is 48.0 Å². The number of nitrogens with zero attached hydrogens (tertiary/aromatic N) is 4. The molecule has 2 aromatic heterocycles. The van der Waals surface area contributed by atoms with E-state index in [-0.39, 0.29) is 30.4 Å². The van der Waals surface area contributed by atoms with E-state index in [1.807, 2.05) is 84.9 Å². The van der Waals surface area contributed by atoms with Crippen molar-refractivity contribution in [3.63, 3.8) is 0 Å². The second kappa shape index (κ2) is 14.2. The van der Waals surface area contributed by atoms with Gasteiger partial charge in [0.1, 0.15) is 12.0 Å². The fraction of sp³-hybridized carbons (Fsp3) is 0.194. The first kappa shape index (κ1) is 30.7. The minimum Gasteiger partial charge on any atom is -0.392 e. The Morgan fingerprint density at radius 3 is 2.45 bits per heavy atom. The molecule has 0 radical (unpaired) electrons. The Morgan fingerprint density at radius 1 is 0.894 bits per heavy atom. The zero-order valence-electron chi connectivity index (χ0n) is 25.3. The molecule has 0 aliphatic carbocycles. The van der Waals surface area contributed by atoms with Crippen molar-refractivity contribution in [1.29, 1.82) is 0 Å². The molecule has 10 nitrogen and oxygen atoms in total. The number of nitrogens with one attached hydrogen (secondary N) is 2. The number of aromatic amines is 1. The summed E-state index contributed by atoms with van der Waals surface area (Å²) in [6, 6.07) is 31.5. The molecular formula is C36H32N6O4S. The number of aromatic nitrogens is 5. The summed E-state index contributed by atoms with van der Waals surface area (Å²) in [5.41, 5.74) is 7.49. The van der Waals surface area contributed by atoms with Crippen molar-refractivity contribution in [1.82, 2.24) is 30.5 Å². The molecule has 1 aliphatic heterocycles. The van der Waals surface area contributed by atoms with E-state index in [4.69, 9.17) is 9.47 Å². The average Bonchev–Trinajstić information content (AvgIpc) is 3.67. The van der Waals surface area contributed by atoms with Gasteiger partial charge < -0.3 is 19.9 Å². The van der Waals surface area contributed by atoms with Crippen LogP contribution < -0.4 is 5.32 Å². The molecule has 4 aromatic carbocycles. The average molecular weight is 645 g/mol. The van der Waals surface area contributed by atoms with Crippen LogP contribution in [-0.2, 0) is 22.6 Å². The number of carbonyl (C=O) groups is 1. The van der Waals surface area contributed by atoms with Crippen molar-refractivity contribution in [2.24, 2.45) is 0 Å². The van der Waals surface area contributed by atoms with Crippen LogP contribution in [0.3, 0.4) is 0 Å². The molecule has 1 aliphatic rings. The Balaban J connectivity index is 1.07. The number of hydrogen-bond donors (Lipinski definition) is 3. The fourth-order valence-electron chi connectivity index (χ4n) is 5.57. The number of aliphatic hydroxyl groups excluding tert-OH is 1. The second-order valence-electron chi connectivity index (χ2n) is 11.2. The zero-order chi connectivity index (χ0) is 32.0. The molecule has 236 valence electrons. The maximum absolute atomic E-state index is 13.0. The van der Waals surface area contributed by atoms with Crippen LogP contribution in [0, 0.1) is 0 Å². The van der Waals surface area contributed by atoms with Crippen LogP contribution in [0.1, 0.15) is 51.6 Å². The molecule has 3 atom stereocenters.